The van der Waals surface area contributed by atoms with Gasteiger partial charge in [0.15, 0.2) is 0 Å². The topological polar surface area (TPSA) is 44.8 Å². The van der Waals surface area contributed by atoms with E-state index in [1.54, 1.807) is 24.3 Å². The summed E-state index contributed by atoms with van der Waals surface area (Å²) < 4.78 is 27.7. The van der Waals surface area contributed by atoms with Gasteiger partial charge in [-0.15, -0.1) is 0 Å². The number of phosphoric ester groups is 1. The van der Waals surface area contributed by atoms with Crippen LogP contribution in [0.4, 0.5) is 0 Å². The van der Waals surface area contributed by atoms with Crippen LogP contribution in [0.15, 0.2) is 24.3 Å². The van der Waals surface area contributed by atoms with E-state index < -0.39 is 7.82 Å². The minimum Gasteiger partial charge on any atom is -0.404 e. The number of benzene rings is 1. The zero-order valence-electron chi connectivity index (χ0n) is 9.68. The Kier molecular flexibility index (Phi) is 3.50. The molecular weight excluding hydrogens is 263 g/mol. The van der Waals surface area contributed by atoms with Crippen molar-refractivity contribution in [2.75, 3.05) is 13.2 Å². The van der Waals surface area contributed by atoms with Crippen molar-refractivity contribution in [2.45, 2.75) is 13.8 Å². The number of rotatable bonds is 2. The molecule has 2 rings (SSSR count). The second-order valence-electron chi connectivity index (χ2n) is 4.70. The zero-order valence-corrected chi connectivity index (χ0v) is 11.3. The van der Waals surface area contributed by atoms with Crippen LogP contribution in [0.3, 0.4) is 0 Å². The van der Waals surface area contributed by atoms with Crippen LogP contribution in [0.2, 0.25) is 5.02 Å². The first-order valence-electron chi connectivity index (χ1n) is 5.23. The molecular formula is C11H14ClO4P. The molecule has 17 heavy (non-hydrogen) atoms. The predicted octanol–water partition coefficient (Wildman–Crippen LogP) is 3.90. The molecule has 1 aliphatic rings. The highest BCUT2D eigenvalue weighted by molar-refractivity contribution is 7.49. The Morgan fingerprint density at radius 2 is 1.76 bits per heavy atom. The largest absolute Gasteiger partial charge is 0.530 e. The van der Waals surface area contributed by atoms with Gasteiger partial charge in [0.25, 0.3) is 0 Å². The summed E-state index contributed by atoms with van der Waals surface area (Å²) in [6, 6.07) is 6.54. The van der Waals surface area contributed by atoms with Crippen molar-refractivity contribution in [1.29, 1.82) is 0 Å². The third kappa shape index (κ3) is 3.46. The fraction of sp³-hybridized carbons (Fsp3) is 0.455. The average Bonchev–Trinajstić information content (AvgIpc) is 2.27. The summed E-state index contributed by atoms with van der Waals surface area (Å²) >= 11 is 5.74. The maximum atomic E-state index is 12.1. The van der Waals surface area contributed by atoms with E-state index in [-0.39, 0.29) is 5.41 Å². The zero-order chi connectivity index (χ0) is 12.5. The molecule has 0 amide bonds. The summed E-state index contributed by atoms with van der Waals surface area (Å²) in [4.78, 5) is 0. The molecule has 0 aromatic heterocycles. The third-order valence-electron chi connectivity index (χ3n) is 2.26. The molecule has 0 aliphatic carbocycles. The molecule has 0 atom stereocenters. The van der Waals surface area contributed by atoms with Crippen molar-refractivity contribution in [3.05, 3.63) is 29.3 Å². The van der Waals surface area contributed by atoms with E-state index in [0.29, 0.717) is 24.0 Å². The fourth-order valence-corrected chi connectivity index (χ4v) is 2.96. The Bertz CT molecular complexity index is 429. The quantitative estimate of drug-likeness (QED) is 0.769. The highest BCUT2D eigenvalue weighted by Gasteiger charge is 2.39. The maximum absolute atomic E-state index is 12.1. The van der Waals surface area contributed by atoms with Crippen molar-refractivity contribution < 1.29 is 18.1 Å². The lowest BCUT2D eigenvalue weighted by atomic mass is 9.97. The molecule has 0 spiro atoms. The van der Waals surface area contributed by atoms with Gasteiger partial charge in [0, 0.05) is 10.4 Å². The van der Waals surface area contributed by atoms with Gasteiger partial charge < -0.3 is 4.52 Å². The standard InChI is InChI=1S/C11H14ClO4P/c1-11(2)7-14-17(13,15-8-11)16-10-5-3-9(12)4-6-10/h3-6H,7-8H2,1-2H3. The van der Waals surface area contributed by atoms with Crippen LogP contribution in [0.1, 0.15) is 13.8 Å². The Morgan fingerprint density at radius 3 is 2.29 bits per heavy atom. The van der Waals surface area contributed by atoms with Gasteiger partial charge in [0.05, 0.1) is 13.2 Å². The van der Waals surface area contributed by atoms with E-state index in [4.69, 9.17) is 25.2 Å². The smallest absolute Gasteiger partial charge is 0.404 e. The van der Waals surface area contributed by atoms with Gasteiger partial charge >= 0.3 is 7.82 Å². The molecule has 1 heterocycles. The Labute approximate surface area is 105 Å². The van der Waals surface area contributed by atoms with E-state index in [0.717, 1.165) is 0 Å². The van der Waals surface area contributed by atoms with Gasteiger partial charge in [0.2, 0.25) is 0 Å². The summed E-state index contributed by atoms with van der Waals surface area (Å²) in [7, 11) is -3.47. The molecule has 6 heteroatoms. The van der Waals surface area contributed by atoms with E-state index in [1.165, 1.54) is 0 Å². The maximum Gasteiger partial charge on any atom is 0.530 e. The molecule has 0 bridgehead atoms. The van der Waals surface area contributed by atoms with Crippen molar-refractivity contribution in [3.8, 4) is 5.75 Å². The lowest BCUT2D eigenvalue weighted by Gasteiger charge is -2.32. The van der Waals surface area contributed by atoms with Crippen LogP contribution in [0.5, 0.6) is 5.75 Å². The Balaban J connectivity index is 2.04. The molecule has 1 fully saturated rings. The highest BCUT2D eigenvalue weighted by Crippen LogP contribution is 2.54. The van der Waals surface area contributed by atoms with E-state index >= 15 is 0 Å². The summed E-state index contributed by atoms with van der Waals surface area (Å²) in [5.74, 6) is 0.414. The molecule has 94 valence electrons. The second kappa shape index (κ2) is 4.62. The van der Waals surface area contributed by atoms with Gasteiger partial charge in [-0.1, -0.05) is 25.4 Å². The molecule has 1 saturated heterocycles. The SMILES string of the molecule is CC1(C)COP(=O)(Oc2ccc(Cl)cc2)OC1. The third-order valence-corrected chi connectivity index (χ3v) is 3.83. The van der Waals surface area contributed by atoms with Crippen LogP contribution in [0.25, 0.3) is 0 Å². The second-order valence-corrected chi connectivity index (χ2v) is 6.73. The van der Waals surface area contributed by atoms with Crippen LogP contribution in [0, 0.1) is 5.41 Å². The number of phosphoric acid groups is 1. The lowest BCUT2D eigenvalue weighted by molar-refractivity contribution is 0.0182. The number of hydrogen-bond donors (Lipinski definition) is 0. The Hall–Kier alpha value is -0.540. The fourth-order valence-electron chi connectivity index (χ4n) is 1.26. The molecule has 1 aliphatic heterocycles. The predicted molar refractivity (Wildman–Crippen MR) is 65.4 cm³/mol. The van der Waals surface area contributed by atoms with E-state index in [2.05, 4.69) is 0 Å². The summed E-state index contributed by atoms with van der Waals surface area (Å²) in [6.07, 6.45) is 0. The molecule has 1 aromatic rings. The van der Waals surface area contributed by atoms with Crippen LogP contribution in [-0.2, 0) is 13.6 Å². The average molecular weight is 277 g/mol. The monoisotopic (exact) mass is 276 g/mol. The number of halogens is 1. The number of hydrogen-bond acceptors (Lipinski definition) is 4. The van der Waals surface area contributed by atoms with Gasteiger partial charge in [0.1, 0.15) is 5.75 Å². The van der Waals surface area contributed by atoms with Gasteiger partial charge in [-0.05, 0) is 24.3 Å². The first kappa shape index (κ1) is 12.9. The molecule has 0 saturated carbocycles. The van der Waals surface area contributed by atoms with E-state index in [9.17, 15) is 4.57 Å². The van der Waals surface area contributed by atoms with Crippen molar-refractivity contribution in [3.63, 3.8) is 0 Å². The van der Waals surface area contributed by atoms with Crippen molar-refractivity contribution in [2.24, 2.45) is 5.41 Å². The van der Waals surface area contributed by atoms with Crippen LogP contribution < -0.4 is 4.52 Å². The van der Waals surface area contributed by atoms with Gasteiger partial charge in [-0.25, -0.2) is 4.57 Å². The van der Waals surface area contributed by atoms with Crippen molar-refractivity contribution >= 4 is 19.4 Å². The van der Waals surface area contributed by atoms with Gasteiger partial charge in [-0.2, -0.15) is 0 Å². The summed E-state index contributed by atoms with van der Waals surface area (Å²) in [6.45, 7) is 4.63. The van der Waals surface area contributed by atoms with Crippen LogP contribution >= 0.6 is 19.4 Å². The van der Waals surface area contributed by atoms with Crippen molar-refractivity contribution in [1.82, 2.24) is 0 Å². The minimum absolute atomic E-state index is 0.142. The lowest BCUT2D eigenvalue weighted by Crippen LogP contribution is -2.30. The minimum atomic E-state index is -3.47. The molecule has 4 nitrogen and oxygen atoms in total. The highest BCUT2D eigenvalue weighted by atomic mass is 35.5. The summed E-state index contributed by atoms with van der Waals surface area (Å²) in [5.41, 5.74) is -0.142. The first-order chi connectivity index (χ1) is 7.89. The normalized spacial score (nSPS) is 22.1. The Morgan fingerprint density at radius 1 is 1.24 bits per heavy atom. The summed E-state index contributed by atoms with van der Waals surface area (Å²) in [5, 5.41) is 0.585. The van der Waals surface area contributed by atoms with E-state index in [1.807, 2.05) is 13.8 Å². The molecule has 0 radical (unpaired) electrons. The first-order valence-corrected chi connectivity index (χ1v) is 7.07. The molecule has 1 aromatic carbocycles. The molecule has 0 unspecified atom stereocenters. The van der Waals surface area contributed by atoms with Crippen LogP contribution in [-0.4, -0.2) is 13.2 Å². The molecule has 0 N–H and O–H groups in total. The van der Waals surface area contributed by atoms with Gasteiger partial charge in [-0.3, -0.25) is 9.05 Å².